The maximum atomic E-state index is 5.19. The summed E-state index contributed by atoms with van der Waals surface area (Å²) in [5, 5.41) is 5.86. The summed E-state index contributed by atoms with van der Waals surface area (Å²) in [4.78, 5) is 10.4. The van der Waals surface area contributed by atoms with Crippen LogP contribution in [0.15, 0.2) is 121 Å². The van der Waals surface area contributed by atoms with E-state index >= 15 is 0 Å². The molecule has 0 aliphatic heterocycles. The average Bonchev–Trinajstić information content (AvgIpc) is 3.21. The van der Waals surface area contributed by atoms with Crippen LogP contribution in [-0.4, -0.2) is 9.97 Å². The maximum absolute atomic E-state index is 5.19. The number of hydrogen-bond donors (Lipinski definition) is 0. The molecule has 0 spiro atoms. The minimum absolute atomic E-state index is 0.0328. The molecule has 0 radical (unpaired) electrons. The predicted molar refractivity (Wildman–Crippen MR) is 163 cm³/mol. The SMILES string of the molecule is CC1(C)c2ccccc2-c2cc3ccc(-c4nc(-c5ccccc5)c5ccc6ccccc6c5n4)cc3cc21. The number of nitrogens with zero attached hydrogens (tertiary/aromatic N) is 2. The molecule has 0 saturated carbocycles. The number of benzene rings is 6. The van der Waals surface area contributed by atoms with E-state index in [-0.39, 0.29) is 5.41 Å². The van der Waals surface area contributed by atoms with Gasteiger partial charge in [-0.25, -0.2) is 9.97 Å². The van der Waals surface area contributed by atoms with Crippen LogP contribution in [0.5, 0.6) is 0 Å². The van der Waals surface area contributed by atoms with Gasteiger partial charge in [0.05, 0.1) is 11.2 Å². The molecule has 2 nitrogen and oxygen atoms in total. The second-order valence-corrected chi connectivity index (χ2v) is 11.1. The van der Waals surface area contributed by atoms with Crippen LogP contribution in [-0.2, 0) is 5.41 Å². The third kappa shape index (κ3) is 3.28. The van der Waals surface area contributed by atoms with Crippen LogP contribution in [0.3, 0.4) is 0 Å². The molecule has 7 aromatic rings. The molecule has 1 aliphatic rings. The van der Waals surface area contributed by atoms with Crippen molar-refractivity contribution in [3.8, 4) is 33.8 Å². The summed E-state index contributed by atoms with van der Waals surface area (Å²) < 4.78 is 0. The van der Waals surface area contributed by atoms with E-state index in [4.69, 9.17) is 9.97 Å². The van der Waals surface area contributed by atoms with Gasteiger partial charge in [-0.15, -0.1) is 0 Å². The first kappa shape index (κ1) is 22.2. The smallest absolute Gasteiger partial charge is 0.160 e. The Morgan fingerprint density at radius 3 is 2.15 bits per heavy atom. The fourth-order valence-corrected chi connectivity index (χ4v) is 6.39. The van der Waals surface area contributed by atoms with Gasteiger partial charge < -0.3 is 0 Å². The molecule has 0 fully saturated rings. The highest BCUT2D eigenvalue weighted by Crippen LogP contribution is 2.49. The standard InChI is InChI=1S/C37H26N2/c1-37(2)32-15-9-8-14-29(32)31-21-25-16-17-26(20-27(25)22-33(31)37)36-38-34(24-11-4-3-5-12-24)30-19-18-23-10-6-7-13-28(23)35(30)39-36/h3-22H,1-2H3. The largest absolute Gasteiger partial charge is 0.227 e. The number of aromatic nitrogens is 2. The van der Waals surface area contributed by atoms with E-state index in [9.17, 15) is 0 Å². The molecule has 39 heavy (non-hydrogen) atoms. The Labute approximate surface area is 227 Å². The molecule has 184 valence electrons. The van der Waals surface area contributed by atoms with Crippen molar-refractivity contribution >= 4 is 32.4 Å². The molecule has 0 N–H and O–H groups in total. The van der Waals surface area contributed by atoms with E-state index < -0.39 is 0 Å². The highest BCUT2D eigenvalue weighted by atomic mass is 14.9. The fourth-order valence-electron chi connectivity index (χ4n) is 6.39. The fraction of sp³-hybridized carbons (Fsp3) is 0.0811. The van der Waals surface area contributed by atoms with Crippen LogP contribution in [0.4, 0.5) is 0 Å². The summed E-state index contributed by atoms with van der Waals surface area (Å²) in [6, 6.07) is 43.4. The van der Waals surface area contributed by atoms with Crippen molar-refractivity contribution in [2.75, 3.05) is 0 Å². The van der Waals surface area contributed by atoms with Crippen LogP contribution in [0, 0.1) is 0 Å². The van der Waals surface area contributed by atoms with Crippen molar-refractivity contribution in [2.24, 2.45) is 0 Å². The van der Waals surface area contributed by atoms with Crippen molar-refractivity contribution in [3.05, 3.63) is 132 Å². The molecule has 1 aromatic heterocycles. The quantitative estimate of drug-likeness (QED) is 0.222. The lowest BCUT2D eigenvalue weighted by Gasteiger charge is -2.21. The van der Waals surface area contributed by atoms with E-state index in [2.05, 4.69) is 129 Å². The lowest BCUT2D eigenvalue weighted by atomic mass is 9.82. The first-order chi connectivity index (χ1) is 19.1. The molecule has 1 aliphatic carbocycles. The first-order valence-electron chi connectivity index (χ1n) is 13.5. The second kappa shape index (κ2) is 8.09. The Balaban J connectivity index is 1.37. The van der Waals surface area contributed by atoms with Gasteiger partial charge in [0.25, 0.3) is 0 Å². The minimum Gasteiger partial charge on any atom is -0.227 e. The summed E-state index contributed by atoms with van der Waals surface area (Å²) in [6.45, 7) is 4.66. The molecule has 1 heterocycles. The topological polar surface area (TPSA) is 25.8 Å². The molecule has 6 aromatic carbocycles. The zero-order chi connectivity index (χ0) is 26.1. The summed E-state index contributed by atoms with van der Waals surface area (Å²) >= 11 is 0. The normalized spacial score (nSPS) is 13.6. The van der Waals surface area contributed by atoms with E-state index in [1.165, 1.54) is 38.4 Å². The van der Waals surface area contributed by atoms with Crippen LogP contribution in [0.2, 0.25) is 0 Å². The van der Waals surface area contributed by atoms with E-state index in [1.54, 1.807) is 0 Å². The van der Waals surface area contributed by atoms with Crippen LogP contribution in [0.1, 0.15) is 25.0 Å². The molecule has 0 unspecified atom stereocenters. The van der Waals surface area contributed by atoms with Gasteiger partial charge in [-0.3, -0.25) is 0 Å². The van der Waals surface area contributed by atoms with E-state index in [0.29, 0.717) is 0 Å². The van der Waals surface area contributed by atoms with Crippen LogP contribution in [0.25, 0.3) is 66.2 Å². The lowest BCUT2D eigenvalue weighted by molar-refractivity contribution is 0.661. The van der Waals surface area contributed by atoms with Crippen molar-refractivity contribution in [1.82, 2.24) is 9.97 Å². The third-order valence-electron chi connectivity index (χ3n) is 8.44. The first-order valence-corrected chi connectivity index (χ1v) is 13.5. The van der Waals surface area contributed by atoms with Crippen molar-refractivity contribution in [1.29, 1.82) is 0 Å². The Morgan fingerprint density at radius 1 is 0.487 bits per heavy atom. The Kier molecular flexibility index (Phi) is 4.60. The molecule has 0 atom stereocenters. The Morgan fingerprint density at radius 2 is 1.26 bits per heavy atom. The van der Waals surface area contributed by atoms with Crippen molar-refractivity contribution < 1.29 is 0 Å². The summed E-state index contributed by atoms with van der Waals surface area (Å²) in [5.41, 5.74) is 9.51. The number of rotatable bonds is 2. The molecular weight excluding hydrogens is 472 g/mol. The highest BCUT2D eigenvalue weighted by Gasteiger charge is 2.35. The van der Waals surface area contributed by atoms with Gasteiger partial charge >= 0.3 is 0 Å². The van der Waals surface area contributed by atoms with Crippen LogP contribution >= 0.6 is 0 Å². The maximum Gasteiger partial charge on any atom is 0.160 e. The predicted octanol–water partition coefficient (Wildman–Crippen LogP) is 9.58. The van der Waals surface area contributed by atoms with Crippen molar-refractivity contribution in [3.63, 3.8) is 0 Å². The van der Waals surface area contributed by atoms with Gasteiger partial charge in [0, 0.05) is 27.3 Å². The molecule has 0 amide bonds. The van der Waals surface area contributed by atoms with Crippen molar-refractivity contribution in [2.45, 2.75) is 19.3 Å². The highest BCUT2D eigenvalue weighted by molar-refractivity contribution is 6.09. The van der Waals surface area contributed by atoms with E-state index in [0.717, 1.165) is 38.9 Å². The molecule has 2 heteroatoms. The molecular formula is C37H26N2. The third-order valence-corrected chi connectivity index (χ3v) is 8.44. The lowest BCUT2D eigenvalue weighted by Crippen LogP contribution is -2.14. The average molecular weight is 499 g/mol. The molecule has 8 rings (SSSR count). The minimum atomic E-state index is -0.0328. The van der Waals surface area contributed by atoms with Gasteiger partial charge in [-0.05, 0) is 62.7 Å². The number of fused-ring (bicyclic) bond motifs is 7. The monoisotopic (exact) mass is 498 g/mol. The van der Waals surface area contributed by atoms with Gasteiger partial charge in [-0.2, -0.15) is 0 Å². The van der Waals surface area contributed by atoms with Gasteiger partial charge in [0.1, 0.15) is 0 Å². The molecule has 0 bridgehead atoms. The zero-order valence-electron chi connectivity index (χ0n) is 21.9. The van der Waals surface area contributed by atoms with Gasteiger partial charge in [0.15, 0.2) is 5.82 Å². The second-order valence-electron chi connectivity index (χ2n) is 11.1. The summed E-state index contributed by atoms with van der Waals surface area (Å²) in [5.74, 6) is 0.752. The summed E-state index contributed by atoms with van der Waals surface area (Å²) in [6.07, 6.45) is 0. The van der Waals surface area contributed by atoms with Gasteiger partial charge in [-0.1, -0.05) is 111 Å². The van der Waals surface area contributed by atoms with Gasteiger partial charge in [0.2, 0.25) is 0 Å². The molecule has 0 saturated heterocycles. The Hall–Kier alpha value is -4.82. The zero-order valence-corrected chi connectivity index (χ0v) is 21.9. The number of hydrogen-bond acceptors (Lipinski definition) is 2. The Bertz CT molecular complexity index is 2090. The van der Waals surface area contributed by atoms with E-state index in [1.807, 2.05) is 6.07 Å². The van der Waals surface area contributed by atoms with Crippen LogP contribution < -0.4 is 0 Å². The summed E-state index contributed by atoms with van der Waals surface area (Å²) in [7, 11) is 0.